The molecule has 0 fully saturated rings. The fourth-order valence-corrected chi connectivity index (χ4v) is 1.86. The summed E-state index contributed by atoms with van der Waals surface area (Å²) in [4.78, 5) is 14.4. The third-order valence-corrected chi connectivity index (χ3v) is 2.72. The first-order chi connectivity index (χ1) is 7.04. The highest BCUT2D eigenvalue weighted by Crippen LogP contribution is 2.22. The van der Waals surface area contributed by atoms with Crippen molar-refractivity contribution in [1.29, 1.82) is 0 Å². The minimum absolute atomic E-state index is 0.227. The molecule has 0 aliphatic carbocycles. The Hall–Kier alpha value is -1.02. The van der Waals surface area contributed by atoms with E-state index in [0.29, 0.717) is 5.69 Å². The van der Waals surface area contributed by atoms with Crippen LogP contribution < -0.4 is 5.73 Å². The second-order valence-corrected chi connectivity index (χ2v) is 3.91. The molecule has 1 amide bonds. The van der Waals surface area contributed by atoms with Gasteiger partial charge < -0.3 is 21.1 Å². The summed E-state index contributed by atoms with van der Waals surface area (Å²) in [5.74, 6) is -0.694. The molecule has 15 heavy (non-hydrogen) atoms. The number of aliphatic hydroxyl groups is 3. The van der Waals surface area contributed by atoms with Gasteiger partial charge in [0, 0.05) is 5.38 Å². The average Bonchev–Trinajstić information content (AvgIpc) is 2.63. The molecule has 0 aliphatic heterocycles. The van der Waals surface area contributed by atoms with Gasteiger partial charge in [-0.2, -0.15) is 0 Å². The number of carbonyl (C=O) groups is 1. The van der Waals surface area contributed by atoms with Crippen molar-refractivity contribution in [1.82, 2.24) is 4.98 Å². The van der Waals surface area contributed by atoms with Gasteiger partial charge in [-0.05, 0) is 0 Å². The fourth-order valence-electron chi connectivity index (χ4n) is 1.01. The average molecular weight is 232 g/mol. The Morgan fingerprint density at radius 3 is 2.73 bits per heavy atom. The lowest BCUT2D eigenvalue weighted by molar-refractivity contribution is -0.121. The van der Waals surface area contributed by atoms with Gasteiger partial charge in [-0.1, -0.05) is 0 Å². The Labute approximate surface area is 90.0 Å². The standard InChI is InChI=1S/C8H12N2O4S/c9-6(13)1-5(12)7(14)8-10-4(2-11)3-15-8/h3,5,7,11-12,14H,1-2H2,(H2,9,13). The van der Waals surface area contributed by atoms with Crippen molar-refractivity contribution in [3.63, 3.8) is 0 Å². The van der Waals surface area contributed by atoms with Crippen LogP contribution in [0, 0.1) is 0 Å². The van der Waals surface area contributed by atoms with Crippen LogP contribution in [0.4, 0.5) is 0 Å². The summed E-state index contributed by atoms with van der Waals surface area (Å²) in [6.45, 7) is -0.227. The summed E-state index contributed by atoms with van der Waals surface area (Å²) >= 11 is 1.10. The van der Waals surface area contributed by atoms with E-state index < -0.39 is 18.1 Å². The Morgan fingerprint density at radius 2 is 2.27 bits per heavy atom. The number of thiazole rings is 1. The van der Waals surface area contributed by atoms with Crippen molar-refractivity contribution in [2.24, 2.45) is 5.73 Å². The molecule has 0 aromatic carbocycles. The van der Waals surface area contributed by atoms with Crippen LogP contribution in [0.2, 0.25) is 0 Å². The van der Waals surface area contributed by atoms with Gasteiger partial charge in [-0.15, -0.1) is 11.3 Å². The largest absolute Gasteiger partial charge is 0.390 e. The lowest BCUT2D eigenvalue weighted by atomic mass is 10.1. The monoisotopic (exact) mass is 232 g/mol. The first-order valence-corrected chi connectivity index (χ1v) is 5.12. The van der Waals surface area contributed by atoms with E-state index in [1.165, 1.54) is 0 Å². The third-order valence-electron chi connectivity index (χ3n) is 1.76. The second kappa shape index (κ2) is 5.17. The lowest BCUT2D eigenvalue weighted by Gasteiger charge is -2.13. The van der Waals surface area contributed by atoms with Gasteiger partial charge in [0.25, 0.3) is 0 Å². The summed E-state index contributed by atoms with van der Waals surface area (Å²) in [6, 6.07) is 0. The van der Waals surface area contributed by atoms with E-state index in [1.807, 2.05) is 0 Å². The Balaban J connectivity index is 2.66. The minimum Gasteiger partial charge on any atom is -0.390 e. The van der Waals surface area contributed by atoms with Crippen LogP contribution in [0.3, 0.4) is 0 Å². The van der Waals surface area contributed by atoms with Gasteiger partial charge in [0.15, 0.2) is 0 Å². The molecular formula is C8H12N2O4S. The van der Waals surface area contributed by atoms with Gasteiger partial charge in [0.05, 0.1) is 24.8 Å². The Kier molecular flexibility index (Phi) is 4.15. The summed E-state index contributed by atoms with van der Waals surface area (Å²) in [5, 5.41) is 29.5. The van der Waals surface area contributed by atoms with E-state index in [0.717, 1.165) is 11.3 Å². The van der Waals surface area contributed by atoms with Crippen LogP contribution in [0.5, 0.6) is 0 Å². The number of hydrogen-bond donors (Lipinski definition) is 4. The molecule has 7 heteroatoms. The van der Waals surface area contributed by atoms with E-state index in [9.17, 15) is 15.0 Å². The van der Waals surface area contributed by atoms with Crippen LogP contribution in [-0.2, 0) is 11.4 Å². The third kappa shape index (κ3) is 3.24. The first kappa shape index (κ1) is 12.1. The maximum absolute atomic E-state index is 10.5. The summed E-state index contributed by atoms with van der Waals surface area (Å²) in [5.41, 5.74) is 5.29. The molecule has 1 aromatic heterocycles. The quantitative estimate of drug-likeness (QED) is 0.514. The highest BCUT2D eigenvalue weighted by Gasteiger charge is 2.23. The van der Waals surface area contributed by atoms with Gasteiger partial charge in [0.1, 0.15) is 11.1 Å². The Morgan fingerprint density at radius 1 is 1.60 bits per heavy atom. The number of primary amides is 1. The van der Waals surface area contributed by atoms with Crippen LogP contribution in [0.15, 0.2) is 5.38 Å². The van der Waals surface area contributed by atoms with Crippen molar-refractivity contribution < 1.29 is 20.1 Å². The normalized spacial score (nSPS) is 14.9. The van der Waals surface area contributed by atoms with Crippen LogP contribution >= 0.6 is 11.3 Å². The zero-order valence-corrected chi connectivity index (χ0v) is 8.65. The van der Waals surface area contributed by atoms with Gasteiger partial charge >= 0.3 is 0 Å². The molecule has 5 N–H and O–H groups in total. The van der Waals surface area contributed by atoms with E-state index >= 15 is 0 Å². The molecule has 0 saturated carbocycles. The molecule has 1 heterocycles. The van der Waals surface area contributed by atoms with Crippen LogP contribution in [0.1, 0.15) is 23.2 Å². The molecule has 0 aliphatic rings. The lowest BCUT2D eigenvalue weighted by Crippen LogP contribution is -2.25. The molecule has 0 spiro atoms. The maximum Gasteiger partial charge on any atom is 0.220 e. The van der Waals surface area contributed by atoms with Crippen molar-refractivity contribution in [2.75, 3.05) is 0 Å². The molecule has 0 saturated heterocycles. The number of nitrogens with two attached hydrogens (primary N) is 1. The zero-order valence-electron chi connectivity index (χ0n) is 7.83. The highest BCUT2D eigenvalue weighted by molar-refractivity contribution is 7.09. The van der Waals surface area contributed by atoms with Crippen molar-refractivity contribution in [3.05, 3.63) is 16.1 Å². The predicted octanol–water partition coefficient (Wildman–Crippen LogP) is -1.09. The summed E-state index contributed by atoms with van der Waals surface area (Å²) in [6.07, 6.45) is -2.84. The molecule has 0 radical (unpaired) electrons. The fraction of sp³-hybridized carbons (Fsp3) is 0.500. The van der Waals surface area contributed by atoms with E-state index in [4.69, 9.17) is 10.8 Å². The maximum atomic E-state index is 10.5. The number of carbonyl (C=O) groups excluding carboxylic acids is 1. The topological polar surface area (TPSA) is 117 Å². The smallest absolute Gasteiger partial charge is 0.220 e. The number of nitrogens with zero attached hydrogens (tertiary/aromatic N) is 1. The predicted molar refractivity (Wildman–Crippen MR) is 52.8 cm³/mol. The number of rotatable bonds is 5. The zero-order chi connectivity index (χ0) is 11.4. The SMILES string of the molecule is NC(=O)CC(O)C(O)c1nc(CO)cs1. The minimum atomic E-state index is -1.26. The Bertz CT molecular complexity index is 341. The number of aliphatic hydroxyl groups excluding tert-OH is 3. The molecule has 1 rings (SSSR count). The van der Waals surface area contributed by atoms with Gasteiger partial charge in [-0.3, -0.25) is 4.79 Å². The second-order valence-electron chi connectivity index (χ2n) is 3.02. The first-order valence-electron chi connectivity index (χ1n) is 4.24. The number of hydrogen-bond acceptors (Lipinski definition) is 6. The van der Waals surface area contributed by atoms with Gasteiger partial charge in [0.2, 0.25) is 5.91 Å². The molecule has 2 unspecified atom stereocenters. The van der Waals surface area contributed by atoms with E-state index in [1.54, 1.807) is 5.38 Å². The van der Waals surface area contributed by atoms with Crippen LogP contribution in [-0.4, -0.2) is 32.3 Å². The highest BCUT2D eigenvalue weighted by atomic mass is 32.1. The molecule has 84 valence electrons. The van der Waals surface area contributed by atoms with Crippen molar-refractivity contribution in [2.45, 2.75) is 25.2 Å². The van der Waals surface area contributed by atoms with Crippen LogP contribution in [0.25, 0.3) is 0 Å². The number of aromatic nitrogens is 1. The molecule has 1 aromatic rings. The summed E-state index contributed by atoms with van der Waals surface area (Å²) < 4.78 is 0. The molecule has 0 bridgehead atoms. The summed E-state index contributed by atoms with van der Waals surface area (Å²) in [7, 11) is 0. The molecule has 2 atom stereocenters. The molecular weight excluding hydrogens is 220 g/mol. The van der Waals surface area contributed by atoms with E-state index in [2.05, 4.69) is 4.98 Å². The van der Waals surface area contributed by atoms with E-state index in [-0.39, 0.29) is 18.0 Å². The molecule has 6 nitrogen and oxygen atoms in total. The number of amides is 1. The van der Waals surface area contributed by atoms with Gasteiger partial charge in [-0.25, -0.2) is 4.98 Å². The van der Waals surface area contributed by atoms with Crippen molar-refractivity contribution >= 4 is 17.2 Å². The van der Waals surface area contributed by atoms with Crippen molar-refractivity contribution in [3.8, 4) is 0 Å².